The molecule has 1 amide bonds. The lowest BCUT2D eigenvalue weighted by Crippen LogP contribution is -2.40. The molecule has 0 aliphatic heterocycles. The predicted molar refractivity (Wildman–Crippen MR) is 117 cm³/mol. The number of aromatic amines is 1. The molecule has 1 atom stereocenters. The maximum Gasteiger partial charge on any atom is 0.258 e. The van der Waals surface area contributed by atoms with Gasteiger partial charge in [-0.1, -0.05) is 44.2 Å². The first kappa shape index (κ1) is 21.5. The summed E-state index contributed by atoms with van der Waals surface area (Å²) in [5.74, 6) is 0.883. The van der Waals surface area contributed by atoms with Crippen molar-refractivity contribution in [1.29, 1.82) is 0 Å². The van der Waals surface area contributed by atoms with E-state index in [-0.39, 0.29) is 23.4 Å². The lowest BCUT2D eigenvalue weighted by atomic mass is 9.88. The predicted octanol–water partition coefficient (Wildman–Crippen LogP) is 3.91. The minimum atomic E-state index is -0.253. The van der Waals surface area contributed by atoms with Gasteiger partial charge in [-0.25, -0.2) is 4.98 Å². The summed E-state index contributed by atoms with van der Waals surface area (Å²) < 4.78 is 0. The van der Waals surface area contributed by atoms with Crippen LogP contribution in [0.4, 0.5) is 0 Å². The van der Waals surface area contributed by atoms with Gasteiger partial charge < -0.3 is 15.6 Å². The lowest BCUT2D eigenvalue weighted by molar-refractivity contribution is -0.139. The molecule has 158 valence electrons. The molecule has 2 aromatic rings. The standard InChI is InChI=1S/C23H34N4O2/c1-17(21-25-20-14-8-7-13-19(20)22(28)26-21)27(16-10-3-2-9-15-24)23(29)18-11-5-4-6-12-18/h7-8,13-14,17-18H,2-6,9-12,15-16,24H2,1H3,(H,25,26,28). The van der Waals surface area contributed by atoms with Crippen LogP contribution in [0, 0.1) is 5.92 Å². The molecule has 29 heavy (non-hydrogen) atoms. The van der Waals surface area contributed by atoms with Gasteiger partial charge in [0.1, 0.15) is 5.82 Å². The van der Waals surface area contributed by atoms with E-state index < -0.39 is 0 Å². The summed E-state index contributed by atoms with van der Waals surface area (Å²) in [5.41, 5.74) is 6.12. The van der Waals surface area contributed by atoms with Gasteiger partial charge in [0.15, 0.2) is 0 Å². The van der Waals surface area contributed by atoms with Crippen molar-refractivity contribution in [3.05, 3.63) is 40.4 Å². The third-order valence-electron chi connectivity index (χ3n) is 6.09. The van der Waals surface area contributed by atoms with E-state index in [0.29, 0.717) is 29.8 Å². The SMILES string of the molecule is CC(c1nc2ccccc2c(=O)[nH]1)N(CCCCCCN)C(=O)C1CCCCC1. The number of unbranched alkanes of at least 4 members (excludes halogenated alkanes) is 3. The minimum absolute atomic E-state index is 0.0995. The van der Waals surface area contributed by atoms with E-state index in [9.17, 15) is 9.59 Å². The quantitative estimate of drug-likeness (QED) is 0.626. The Hall–Kier alpha value is -2.21. The fourth-order valence-electron chi connectivity index (χ4n) is 4.31. The zero-order valence-electron chi connectivity index (χ0n) is 17.5. The van der Waals surface area contributed by atoms with Gasteiger partial charge in [0.25, 0.3) is 5.56 Å². The van der Waals surface area contributed by atoms with E-state index in [1.165, 1.54) is 6.42 Å². The number of benzene rings is 1. The van der Waals surface area contributed by atoms with Gasteiger partial charge in [0.2, 0.25) is 5.91 Å². The Morgan fingerprint density at radius 2 is 1.90 bits per heavy atom. The molecule has 0 radical (unpaired) electrons. The number of fused-ring (bicyclic) bond motifs is 1. The van der Waals surface area contributed by atoms with Crippen LogP contribution in [0.3, 0.4) is 0 Å². The maximum absolute atomic E-state index is 13.4. The molecule has 3 N–H and O–H groups in total. The molecular weight excluding hydrogens is 364 g/mol. The summed E-state index contributed by atoms with van der Waals surface area (Å²) in [6.07, 6.45) is 9.51. The first-order chi connectivity index (χ1) is 14.1. The summed E-state index contributed by atoms with van der Waals surface area (Å²) in [6, 6.07) is 7.09. The Kier molecular flexibility index (Phi) is 7.81. The highest BCUT2D eigenvalue weighted by Gasteiger charge is 2.30. The molecule has 6 heteroatoms. The van der Waals surface area contributed by atoms with Crippen LogP contribution in [-0.4, -0.2) is 33.9 Å². The largest absolute Gasteiger partial charge is 0.333 e. The second kappa shape index (κ2) is 10.5. The van der Waals surface area contributed by atoms with Gasteiger partial charge in [0, 0.05) is 12.5 Å². The highest BCUT2D eigenvalue weighted by Crippen LogP contribution is 2.29. The molecule has 1 aromatic carbocycles. The van der Waals surface area contributed by atoms with Crippen LogP contribution < -0.4 is 11.3 Å². The minimum Gasteiger partial charge on any atom is -0.333 e. The molecule has 1 fully saturated rings. The number of para-hydroxylation sites is 1. The Morgan fingerprint density at radius 1 is 1.17 bits per heavy atom. The van der Waals surface area contributed by atoms with Crippen LogP contribution in [0.25, 0.3) is 10.9 Å². The van der Waals surface area contributed by atoms with Crippen molar-refractivity contribution in [2.24, 2.45) is 11.7 Å². The maximum atomic E-state index is 13.4. The molecule has 0 spiro atoms. The van der Waals surface area contributed by atoms with E-state index in [1.54, 1.807) is 6.07 Å². The molecule has 1 saturated carbocycles. The van der Waals surface area contributed by atoms with Crippen molar-refractivity contribution in [3.8, 4) is 0 Å². The van der Waals surface area contributed by atoms with Crippen molar-refractivity contribution in [1.82, 2.24) is 14.9 Å². The number of amides is 1. The molecule has 1 heterocycles. The smallest absolute Gasteiger partial charge is 0.258 e. The van der Waals surface area contributed by atoms with Gasteiger partial charge >= 0.3 is 0 Å². The molecular formula is C23H34N4O2. The van der Waals surface area contributed by atoms with Crippen molar-refractivity contribution < 1.29 is 4.79 Å². The summed E-state index contributed by atoms with van der Waals surface area (Å²) in [6.45, 7) is 3.38. The number of aromatic nitrogens is 2. The van der Waals surface area contributed by atoms with Crippen LogP contribution in [0.1, 0.15) is 76.6 Å². The number of carbonyl (C=O) groups excluding carboxylic acids is 1. The fraction of sp³-hybridized carbons (Fsp3) is 0.609. The first-order valence-electron chi connectivity index (χ1n) is 11.1. The van der Waals surface area contributed by atoms with Crippen LogP contribution >= 0.6 is 0 Å². The first-order valence-corrected chi connectivity index (χ1v) is 11.1. The number of nitrogens with zero attached hydrogens (tertiary/aromatic N) is 2. The molecule has 1 unspecified atom stereocenters. The second-order valence-electron chi connectivity index (χ2n) is 8.21. The third-order valence-corrected chi connectivity index (χ3v) is 6.09. The number of hydrogen-bond acceptors (Lipinski definition) is 4. The Labute approximate surface area is 172 Å². The van der Waals surface area contributed by atoms with E-state index in [2.05, 4.69) is 9.97 Å². The van der Waals surface area contributed by atoms with Crippen molar-refractivity contribution in [2.45, 2.75) is 70.8 Å². The Balaban J connectivity index is 1.81. The number of nitrogens with two attached hydrogens (primary N) is 1. The molecule has 0 saturated heterocycles. The monoisotopic (exact) mass is 398 g/mol. The number of hydrogen-bond donors (Lipinski definition) is 2. The average Bonchev–Trinajstić information content (AvgIpc) is 2.76. The topological polar surface area (TPSA) is 92.1 Å². The Morgan fingerprint density at radius 3 is 2.66 bits per heavy atom. The van der Waals surface area contributed by atoms with Gasteiger partial charge in [-0.3, -0.25) is 9.59 Å². The molecule has 1 aromatic heterocycles. The number of carbonyl (C=O) groups is 1. The van der Waals surface area contributed by atoms with Crippen molar-refractivity contribution in [2.75, 3.05) is 13.1 Å². The van der Waals surface area contributed by atoms with Gasteiger partial charge in [-0.15, -0.1) is 0 Å². The van der Waals surface area contributed by atoms with Gasteiger partial charge in [0.05, 0.1) is 16.9 Å². The third kappa shape index (κ3) is 5.44. The molecule has 0 bridgehead atoms. The van der Waals surface area contributed by atoms with Gasteiger partial charge in [-0.05, 0) is 51.3 Å². The van der Waals surface area contributed by atoms with Crippen molar-refractivity contribution in [3.63, 3.8) is 0 Å². The fourth-order valence-corrected chi connectivity index (χ4v) is 4.31. The van der Waals surface area contributed by atoms with E-state index in [4.69, 9.17) is 5.73 Å². The normalized spacial score (nSPS) is 16.1. The van der Waals surface area contributed by atoms with Crippen LogP contribution in [-0.2, 0) is 4.79 Å². The highest BCUT2D eigenvalue weighted by atomic mass is 16.2. The van der Waals surface area contributed by atoms with E-state index in [0.717, 1.165) is 51.4 Å². The summed E-state index contributed by atoms with van der Waals surface area (Å²) in [4.78, 5) is 35.4. The molecule has 1 aliphatic rings. The molecule has 6 nitrogen and oxygen atoms in total. The summed E-state index contributed by atoms with van der Waals surface area (Å²) >= 11 is 0. The number of nitrogens with one attached hydrogen (secondary N) is 1. The van der Waals surface area contributed by atoms with E-state index >= 15 is 0 Å². The zero-order chi connectivity index (χ0) is 20.6. The summed E-state index contributed by atoms with van der Waals surface area (Å²) in [5, 5.41) is 0.579. The zero-order valence-corrected chi connectivity index (χ0v) is 17.5. The van der Waals surface area contributed by atoms with Crippen LogP contribution in [0.15, 0.2) is 29.1 Å². The second-order valence-corrected chi connectivity index (χ2v) is 8.21. The van der Waals surface area contributed by atoms with Crippen LogP contribution in [0.2, 0.25) is 0 Å². The Bertz CT molecular complexity index is 857. The highest BCUT2D eigenvalue weighted by molar-refractivity contribution is 5.80. The molecule has 1 aliphatic carbocycles. The van der Waals surface area contributed by atoms with E-state index in [1.807, 2.05) is 30.0 Å². The number of rotatable bonds is 9. The average molecular weight is 399 g/mol. The van der Waals surface area contributed by atoms with Crippen molar-refractivity contribution >= 4 is 16.8 Å². The van der Waals surface area contributed by atoms with Crippen LogP contribution in [0.5, 0.6) is 0 Å². The summed E-state index contributed by atoms with van der Waals surface area (Å²) in [7, 11) is 0. The lowest BCUT2D eigenvalue weighted by Gasteiger charge is -2.33. The molecule has 3 rings (SSSR count). The number of H-pyrrole nitrogens is 1. The van der Waals surface area contributed by atoms with Gasteiger partial charge in [-0.2, -0.15) is 0 Å².